The van der Waals surface area contributed by atoms with Crippen molar-refractivity contribution in [1.82, 2.24) is 0 Å². The van der Waals surface area contributed by atoms with Crippen LogP contribution >= 0.6 is 0 Å². The molecule has 0 aliphatic carbocycles. The van der Waals surface area contributed by atoms with Gasteiger partial charge in [-0.15, -0.1) is 0 Å². The van der Waals surface area contributed by atoms with Crippen molar-refractivity contribution in [3.8, 4) is 0 Å². The van der Waals surface area contributed by atoms with Gasteiger partial charge in [0, 0.05) is 12.0 Å². The van der Waals surface area contributed by atoms with Crippen molar-refractivity contribution in [3.63, 3.8) is 0 Å². The molecule has 1 heterocycles. The summed E-state index contributed by atoms with van der Waals surface area (Å²) < 4.78 is 5.42. The van der Waals surface area contributed by atoms with E-state index in [1.165, 1.54) is 5.56 Å². The van der Waals surface area contributed by atoms with Crippen molar-refractivity contribution in [1.29, 1.82) is 0 Å². The molecule has 0 bridgehead atoms. The lowest BCUT2D eigenvalue weighted by molar-refractivity contribution is 0.0661. The molecule has 1 aromatic carbocycles. The van der Waals surface area contributed by atoms with Gasteiger partial charge < -0.3 is 10.5 Å². The molecular weight excluding hydrogens is 162 g/mol. The predicted molar refractivity (Wildman–Crippen MR) is 52.6 cm³/mol. The smallest absolute Gasteiger partial charge is 0.0618 e. The quantitative estimate of drug-likeness (QED) is 0.705. The van der Waals surface area contributed by atoms with E-state index >= 15 is 0 Å². The molecule has 1 aromatic rings. The lowest BCUT2D eigenvalue weighted by Crippen LogP contribution is -2.34. The highest BCUT2D eigenvalue weighted by Gasteiger charge is 2.20. The minimum atomic E-state index is 0.207. The van der Waals surface area contributed by atoms with E-state index in [2.05, 4.69) is 24.3 Å². The van der Waals surface area contributed by atoms with Gasteiger partial charge in [0.2, 0.25) is 0 Å². The molecule has 0 aromatic heterocycles. The van der Waals surface area contributed by atoms with Gasteiger partial charge in [0.25, 0.3) is 0 Å². The average Bonchev–Trinajstić information content (AvgIpc) is 2.19. The Bertz CT molecular complexity index is 260. The maximum absolute atomic E-state index is 5.84. The summed E-state index contributed by atoms with van der Waals surface area (Å²) in [6.45, 7) is 1.53. The largest absolute Gasteiger partial charge is 0.379 e. The van der Waals surface area contributed by atoms with Crippen LogP contribution in [0.3, 0.4) is 0 Å². The van der Waals surface area contributed by atoms with E-state index in [0.717, 1.165) is 13.0 Å². The maximum Gasteiger partial charge on any atom is 0.0618 e. The second-order valence-corrected chi connectivity index (χ2v) is 3.64. The van der Waals surface area contributed by atoms with Gasteiger partial charge in [-0.1, -0.05) is 30.3 Å². The van der Waals surface area contributed by atoms with Crippen LogP contribution in [-0.2, 0) is 4.74 Å². The molecule has 2 atom stereocenters. The Labute approximate surface area is 78.7 Å². The minimum absolute atomic E-state index is 0.207. The van der Waals surface area contributed by atoms with Gasteiger partial charge in [0.1, 0.15) is 0 Å². The zero-order chi connectivity index (χ0) is 9.10. The Morgan fingerprint density at radius 3 is 2.62 bits per heavy atom. The highest BCUT2D eigenvalue weighted by atomic mass is 16.5. The summed E-state index contributed by atoms with van der Waals surface area (Å²) in [6.07, 6.45) is 1.05. The van der Waals surface area contributed by atoms with Gasteiger partial charge >= 0.3 is 0 Å². The van der Waals surface area contributed by atoms with E-state index in [0.29, 0.717) is 12.5 Å². The Balaban J connectivity index is 2.08. The molecule has 2 N–H and O–H groups in total. The van der Waals surface area contributed by atoms with Crippen molar-refractivity contribution in [2.75, 3.05) is 13.2 Å². The molecule has 2 heteroatoms. The molecule has 1 aliphatic rings. The van der Waals surface area contributed by atoms with Crippen molar-refractivity contribution >= 4 is 0 Å². The van der Waals surface area contributed by atoms with Crippen LogP contribution in [0, 0.1) is 0 Å². The van der Waals surface area contributed by atoms with Gasteiger partial charge in [-0.2, -0.15) is 0 Å². The van der Waals surface area contributed by atoms with Gasteiger partial charge in [0.15, 0.2) is 0 Å². The van der Waals surface area contributed by atoms with Crippen molar-refractivity contribution in [2.45, 2.75) is 18.4 Å². The summed E-state index contributed by atoms with van der Waals surface area (Å²) in [5.74, 6) is 0.491. The van der Waals surface area contributed by atoms with E-state index in [1.807, 2.05) is 6.07 Å². The summed E-state index contributed by atoms with van der Waals surface area (Å²) in [7, 11) is 0. The fraction of sp³-hybridized carbons (Fsp3) is 0.455. The van der Waals surface area contributed by atoms with Crippen LogP contribution in [0.4, 0.5) is 0 Å². The highest BCUT2D eigenvalue weighted by molar-refractivity contribution is 5.20. The lowest BCUT2D eigenvalue weighted by Gasteiger charge is -2.27. The number of ether oxygens (including phenoxy) is 1. The topological polar surface area (TPSA) is 35.2 Å². The number of rotatable bonds is 1. The van der Waals surface area contributed by atoms with E-state index < -0.39 is 0 Å². The van der Waals surface area contributed by atoms with Gasteiger partial charge in [-0.3, -0.25) is 0 Å². The first-order valence-corrected chi connectivity index (χ1v) is 4.74. The molecule has 0 unspecified atom stereocenters. The Hall–Kier alpha value is -0.860. The van der Waals surface area contributed by atoms with Crippen LogP contribution in [0.15, 0.2) is 30.3 Å². The third-order valence-corrected chi connectivity index (χ3v) is 2.51. The molecule has 0 radical (unpaired) electrons. The first kappa shape index (κ1) is 8.73. The summed E-state index contributed by atoms with van der Waals surface area (Å²) in [6, 6.07) is 10.7. The molecule has 1 aliphatic heterocycles. The second kappa shape index (κ2) is 3.90. The van der Waals surface area contributed by atoms with Crippen molar-refractivity contribution in [2.24, 2.45) is 5.73 Å². The third kappa shape index (κ3) is 2.08. The molecular formula is C11H15NO. The molecule has 0 amide bonds. The fourth-order valence-electron chi connectivity index (χ4n) is 1.82. The normalized spacial score (nSPS) is 28.7. The molecule has 70 valence electrons. The second-order valence-electron chi connectivity index (χ2n) is 3.64. The summed E-state index contributed by atoms with van der Waals surface area (Å²) >= 11 is 0. The molecule has 0 saturated carbocycles. The number of nitrogens with two attached hydrogens (primary N) is 1. The first-order chi connectivity index (χ1) is 6.36. The predicted octanol–water partition coefficient (Wildman–Crippen LogP) is 1.52. The minimum Gasteiger partial charge on any atom is -0.379 e. The van der Waals surface area contributed by atoms with Crippen LogP contribution in [0.25, 0.3) is 0 Å². The van der Waals surface area contributed by atoms with Crippen LogP contribution in [-0.4, -0.2) is 19.3 Å². The zero-order valence-corrected chi connectivity index (χ0v) is 7.65. The van der Waals surface area contributed by atoms with Gasteiger partial charge in [0.05, 0.1) is 13.2 Å². The van der Waals surface area contributed by atoms with Crippen LogP contribution in [0.2, 0.25) is 0 Å². The van der Waals surface area contributed by atoms with Gasteiger partial charge in [-0.05, 0) is 12.0 Å². The third-order valence-electron chi connectivity index (χ3n) is 2.51. The fourth-order valence-corrected chi connectivity index (χ4v) is 1.82. The standard InChI is InChI=1S/C11H15NO/c12-11-6-10(7-13-8-11)9-4-2-1-3-5-9/h1-5,10-11H,6-8,12H2/t10-,11+/m1/s1. The average molecular weight is 177 g/mol. The zero-order valence-electron chi connectivity index (χ0n) is 7.65. The Morgan fingerprint density at radius 1 is 1.15 bits per heavy atom. The van der Waals surface area contributed by atoms with Crippen LogP contribution < -0.4 is 5.73 Å². The lowest BCUT2D eigenvalue weighted by atomic mass is 9.92. The molecule has 0 spiro atoms. The van der Waals surface area contributed by atoms with Gasteiger partial charge in [-0.25, -0.2) is 0 Å². The molecule has 2 nitrogen and oxygen atoms in total. The van der Waals surface area contributed by atoms with E-state index in [4.69, 9.17) is 10.5 Å². The van der Waals surface area contributed by atoms with Crippen LogP contribution in [0.1, 0.15) is 17.9 Å². The van der Waals surface area contributed by atoms with E-state index in [-0.39, 0.29) is 6.04 Å². The number of benzene rings is 1. The summed E-state index contributed by atoms with van der Waals surface area (Å²) in [4.78, 5) is 0. The molecule has 2 rings (SSSR count). The maximum atomic E-state index is 5.84. The summed E-state index contributed by atoms with van der Waals surface area (Å²) in [5.41, 5.74) is 7.18. The van der Waals surface area contributed by atoms with Crippen molar-refractivity contribution in [3.05, 3.63) is 35.9 Å². The molecule has 1 fully saturated rings. The highest BCUT2D eigenvalue weighted by Crippen LogP contribution is 2.24. The molecule has 13 heavy (non-hydrogen) atoms. The van der Waals surface area contributed by atoms with E-state index in [1.54, 1.807) is 0 Å². The van der Waals surface area contributed by atoms with Crippen molar-refractivity contribution < 1.29 is 4.74 Å². The SMILES string of the molecule is N[C@@H]1COC[C@H](c2ccccc2)C1. The summed E-state index contributed by atoms with van der Waals surface area (Å²) in [5, 5.41) is 0. The Morgan fingerprint density at radius 2 is 1.92 bits per heavy atom. The van der Waals surface area contributed by atoms with E-state index in [9.17, 15) is 0 Å². The number of hydrogen-bond acceptors (Lipinski definition) is 2. The monoisotopic (exact) mass is 177 g/mol. The first-order valence-electron chi connectivity index (χ1n) is 4.74. The number of hydrogen-bond donors (Lipinski definition) is 1. The van der Waals surface area contributed by atoms with Crippen LogP contribution in [0.5, 0.6) is 0 Å². The Kier molecular flexibility index (Phi) is 2.62. The molecule has 1 saturated heterocycles.